The minimum Gasteiger partial charge on any atom is -0.355 e. The maximum Gasteiger partial charge on any atom is 0.242 e. The molecule has 1 N–H and O–H groups in total. The molecule has 0 spiro atoms. The van der Waals surface area contributed by atoms with Gasteiger partial charge in [0.1, 0.15) is 6.04 Å². The topological polar surface area (TPSA) is 49.4 Å². The molecule has 2 rings (SSSR count). The Labute approximate surface area is 197 Å². The summed E-state index contributed by atoms with van der Waals surface area (Å²) in [4.78, 5) is 27.4. The summed E-state index contributed by atoms with van der Waals surface area (Å²) in [5.41, 5.74) is 1.60. The van der Waals surface area contributed by atoms with Gasteiger partial charge >= 0.3 is 0 Å². The van der Waals surface area contributed by atoms with Gasteiger partial charge in [0, 0.05) is 39.5 Å². The minimum atomic E-state index is -0.606. The number of hydrogen-bond acceptors (Lipinski definition) is 3. The summed E-state index contributed by atoms with van der Waals surface area (Å²) >= 11 is 20.3. The van der Waals surface area contributed by atoms with Crippen LogP contribution in [0.1, 0.15) is 31.4 Å². The maximum atomic E-state index is 13.2. The number of halogens is 3. The zero-order valence-corrected chi connectivity index (χ0v) is 20.0. The van der Waals surface area contributed by atoms with Crippen LogP contribution in [0.25, 0.3) is 0 Å². The van der Waals surface area contributed by atoms with Crippen molar-refractivity contribution >= 4 is 58.4 Å². The molecule has 2 aromatic rings. The molecule has 2 aromatic carbocycles. The van der Waals surface area contributed by atoms with Crippen molar-refractivity contribution in [1.29, 1.82) is 0 Å². The van der Waals surface area contributed by atoms with Crippen LogP contribution in [0.3, 0.4) is 0 Å². The van der Waals surface area contributed by atoms with Crippen molar-refractivity contribution in [2.75, 3.05) is 12.3 Å². The van der Waals surface area contributed by atoms with Crippen molar-refractivity contribution in [1.82, 2.24) is 10.2 Å². The van der Waals surface area contributed by atoms with Gasteiger partial charge in [0.25, 0.3) is 0 Å². The highest BCUT2D eigenvalue weighted by Gasteiger charge is 2.29. The largest absolute Gasteiger partial charge is 0.355 e. The standard InChI is InChI=1S/C22H25Cl3N2O2S/c1-3-20(22(29)26-4-2)27(12-16-18(24)10-7-11-19(16)25)21(28)14-30-13-15-8-5-6-9-17(15)23/h5-11,20H,3-4,12-14H2,1-2H3,(H,26,29)/t20-/m0/s1. The third kappa shape index (κ3) is 6.81. The monoisotopic (exact) mass is 486 g/mol. The molecular formula is C22H25Cl3N2O2S. The summed E-state index contributed by atoms with van der Waals surface area (Å²) in [7, 11) is 0. The van der Waals surface area contributed by atoms with Crippen LogP contribution in [0, 0.1) is 0 Å². The second kappa shape index (κ2) is 12.5. The Morgan fingerprint density at radius 2 is 1.63 bits per heavy atom. The summed E-state index contributed by atoms with van der Waals surface area (Å²) < 4.78 is 0. The van der Waals surface area contributed by atoms with Gasteiger partial charge in [0.05, 0.1) is 5.75 Å². The molecule has 0 aliphatic carbocycles. The molecule has 162 valence electrons. The molecule has 0 saturated carbocycles. The molecular weight excluding hydrogens is 463 g/mol. The molecule has 8 heteroatoms. The lowest BCUT2D eigenvalue weighted by Crippen LogP contribution is -2.49. The molecule has 0 bridgehead atoms. The summed E-state index contributed by atoms with van der Waals surface area (Å²) in [5.74, 6) is 0.474. The first kappa shape index (κ1) is 24.9. The molecule has 0 radical (unpaired) electrons. The average Bonchev–Trinajstić information content (AvgIpc) is 2.71. The fourth-order valence-corrected chi connectivity index (χ4v) is 4.72. The highest BCUT2D eigenvalue weighted by atomic mass is 35.5. The number of carbonyl (C=O) groups is 2. The number of benzene rings is 2. The van der Waals surface area contributed by atoms with E-state index < -0.39 is 6.04 Å². The Morgan fingerprint density at radius 3 is 2.23 bits per heavy atom. The lowest BCUT2D eigenvalue weighted by atomic mass is 10.1. The van der Waals surface area contributed by atoms with Crippen LogP contribution in [-0.2, 0) is 21.9 Å². The van der Waals surface area contributed by atoms with Gasteiger partial charge in [0.15, 0.2) is 0 Å². The van der Waals surface area contributed by atoms with Gasteiger partial charge in [-0.2, -0.15) is 0 Å². The Bertz CT molecular complexity index is 859. The van der Waals surface area contributed by atoms with Crippen molar-refractivity contribution in [3.05, 3.63) is 68.7 Å². The first-order valence-electron chi connectivity index (χ1n) is 9.70. The normalized spacial score (nSPS) is 11.8. The first-order valence-corrected chi connectivity index (χ1v) is 12.0. The zero-order chi connectivity index (χ0) is 22.1. The van der Waals surface area contributed by atoms with Crippen molar-refractivity contribution < 1.29 is 9.59 Å². The Morgan fingerprint density at radius 1 is 1.00 bits per heavy atom. The number of likely N-dealkylation sites (N-methyl/N-ethyl adjacent to an activating group) is 1. The molecule has 4 nitrogen and oxygen atoms in total. The van der Waals surface area contributed by atoms with Crippen molar-refractivity contribution in [2.45, 2.75) is 38.6 Å². The van der Waals surface area contributed by atoms with Crippen molar-refractivity contribution in [2.24, 2.45) is 0 Å². The highest BCUT2D eigenvalue weighted by molar-refractivity contribution is 7.99. The molecule has 0 aromatic heterocycles. The van der Waals surface area contributed by atoms with Crippen LogP contribution in [0.2, 0.25) is 15.1 Å². The number of thioether (sulfide) groups is 1. The number of hydrogen-bond donors (Lipinski definition) is 1. The lowest BCUT2D eigenvalue weighted by molar-refractivity contribution is -0.139. The third-order valence-corrected chi connectivity index (χ3v) is 6.61. The minimum absolute atomic E-state index is 0.152. The van der Waals surface area contributed by atoms with E-state index in [1.54, 1.807) is 23.1 Å². The second-order valence-electron chi connectivity index (χ2n) is 6.62. The summed E-state index contributed by atoms with van der Waals surface area (Å²) in [6.45, 7) is 4.39. The molecule has 0 fully saturated rings. The molecule has 0 aliphatic rings. The van der Waals surface area contributed by atoms with E-state index in [1.807, 2.05) is 38.1 Å². The number of amides is 2. The lowest BCUT2D eigenvalue weighted by Gasteiger charge is -2.31. The average molecular weight is 488 g/mol. The number of rotatable bonds is 10. The predicted octanol–water partition coefficient (Wildman–Crippen LogP) is 5.82. The van der Waals surface area contributed by atoms with E-state index in [1.165, 1.54) is 11.8 Å². The van der Waals surface area contributed by atoms with E-state index in [2.05, 4.69) is 5.32 Å². The third-order valence-electron chi connectivity index (χ3n) is 4.57. The molecule has 0 unspecified atom stereocenters. The Kier molecular flexibility index (Phi) is 10.3. The van der Waals surface area contributed by atoms with E-state index in [9.17, 15) is 9.59 Å². The van der Waals surface area contributed by atoms with E-state index in [0.29, 0.717) is 39.3 Å². The van der Waals surface area contributed by atoms with Crippen LogP contribution < -0.4 is 5.32 Å². The zero-order valence-electron chi connectivity index (χ0n) is 17.0. The van der Waals surface area contributed by atoms with E-state index in [4.69, 9.17) is 34.8 Å². The summed E-state index contributed by atoms with van der Waals surface area (Å²) in [6, 6.07) is 12.1. The van der Waals surface area contributed by atoms with Gasteiger partial charge in [-0.3, -0.25) is 9.59 Å². The van der Waals surface area contributed by atoms with Crippen LogP contribution in [0.15, 0.2) is 42.5 Å². The highest BCUT2D eigenvalue weighted by Crippen LogP contribution is 2.28. The van der Waals surface area contributed by atoms with E-state index >= 15 is 0 Å². The van der Waals surface area contributed by atoms with Crippen molar-refractivity contribution in [3.8, 4) is 0 Å². The molecule has 0 heterocycles. The first-order chi connectivity index (χ1) is 14.4. The second-order valence-corrected chi connectivity index (χ2v) is 8.83. The fraction of sp³-hybridized carbons (Fsp3) is 0.364. The van der Waals surface area contributed by atoms with Gasteiger partial charge in [0.2, 0.25) is 11.8 Å². The predicted molar refractivity (Wildman–Crippen MR) is 127 cm³/mol. The van der Waals surface area contributed by atoms with E-state index in [0.717, 1.165) is 5.56 Å². The SMILES string of the molecule is CCNC(=O)[C@H](CC)N(Cc1c(Cl)cccc1Cl)C(=O)CSCc1ccccc1Cl. The molecule has 0 saturated heterocycles. The van der Waals surface area contributed by atoms with Gasteiger partial charge in [-0.15, -0.1) is 11.8 Å². The van der Waals surface area contributed by atoms with Gasteiger partial charge in [-0.05, 0) is 37.1 Å². The summed E-state index contributed by atoms with van der Waals surface area (Å²) in [6.07, 6.45) is 0.481. The van der Waals surface area contributed by atoms with Crippen LogP contribution >= 0.6 is 46.6 Å². The van der Waals surface area contributed by atoms with Crippen LogP contribution in [0.4, 0.5) is 0 Å². The van der Waals surface area contributed by atoms with E-state index in [-0.39, 0.29) is 24.1 Å². The molecule has 0 aliphatic heterocycles. The number of carbonyl (C=O) groups excluding carboxylic acids is 2. The Hall–Kier alpha value is -1.40. The molecule has 1 atom stereocenters. The van der Waals surface area contributed by atoms with Gasteiger partial charge < -0.3 is 10.2 Å². The molecule has 30 heavy (non-hydrogen) atoms. The number of nitrogens with one attached hydrogen (secondary N) is 1. The molecule has 2 amide bonds. The Balaban J connectivity index is 2.19. The van der Waals surface area contributed by atoms with Crippen LogP contribution in [-0.4, -0.2) is 35.1 Å². The van der Waals surface area contributed by atoms with Gasteiger partial charge in [-0.1, -0.05) is 66.0 Å². The van der Waals surface area contributed by atoms with Crippen LogP contribution in [0.5, 0.6) is 0 Å². The number of nitrogens with zero attached hydrogens (tertiary/aromatic N) is 1. The maximum absolute atomic E-state index is 13.2. The fourth-order valence-electron chi connectivity index (χ4n) is 3.01. The quantitative estimate of drug-likeness (QED) is 0.459. The van der Waals surface area contributed by atoms with Gasteiger partial charge in [-0.25, -0.2) is 0 Å². The summed E-state index contributed by atoms with van der Waals surface area (Å²) in [5, 5.41) is 4.42. The smallest absolute Gasteiger partial charge is 0.242 e. The van der Waals surface area contributed by atoms with Crippen molar-refractivity contribution in [3.63, 3.8) is 0 Å².